The Morgan fingerprint density at radius 2 is 1.88 bits per heavy atom. The summed E-state index contributed by atoms with van der Waals surface area (Å²) >= 11 is 0. The molecule has 0 aliphatic carbocycles. The Morgan fingerprint density at radius 3 is 2.48 bits per heavy atom. The van der Waals surface area contributed by atoms with Gasteiger partial charge < -0.3 is 20.3 Å². The number of halogens is 3. The number of nitrogens with zero attached hydrogens (tertiary/aromatic N) is 3. The lowest BCUT2D eigenvalue weighted by atomic mass is 10.1. The van der Waals surface area contributed by atoms with Gasteiger partial charge in [-0.2, -0.15) is 13.2 Å². The number of fused-ring (bicyclic) bond motifs is 1. The zero-order valence-corrected chi connectivity index (χ0v) is 18.4. The number of amides is 2. The number of alkyl halides is 3. The average Bonchev–Trinajstić information content (AvgIpc) is 2.78. The summed E-state index contributed by atoms with van der Waals surface area (Å²) in [5.41, 5.74) is 3.35. The third-order valence-corrected chi connectivity index (χ3v) is 5.03. The van der Waals surface area contributed by atoms with E-state index in [0.29, 0.717) is 5.69 Å². The second-order valence-electron chi connectivity index (χ2n) is 7.69. The van der Waals surface area contributed by atoms with Crippen LogP contribution in [0, 0.1) is 0 Å². The van der Waals surface area contributed by atoms with E-state index >= 15 is 0 Å². The van der Waals surface area contributed by atoms with Crippen molar-refractivity contribution in [3.8, 4) is 5.75 Å². The van der Waals surface area contributed by atoms with Crippen LogP contribution >= 0.6 is 0 Å². The van der Waals surface area contributed by atoms with Gasteiger partial charge in [-0.25, -0.2) is 4.98 Å². The van der Waals surface area contributed by atoms with Crippen LogP contribution in [-0.4, -0.2) is 67.7 Å². The van der Waals surface area contributed by atoms with Crippen molar-refractivity contribution < 1.29 is 27.5 Å². The van der Waals surface area contributed by atoms with Crippen LogP contribution in [0.5, 0.6) is 5.75 Å². The van der Waals surface area contributed by atoms with Crippen molar-refractivity contribution in [3.63, 3.8) is 0 Å². The van der Waals surface area contributed by atoms with Gasteiger partial charge in [0.25, 0.3) is 11.8 Å². The molecule has 33 heavy (non-hydrogen) atoms. The minimum atomic E-state index is -4.00. The summed E-state index contributed by atoms with van der Waals surface area (Å²) in [5.74, 6) is 0.429. The quantitative estimate of drug-likeness (QED) is 0.722. The van der Waals surface area contributed by atoms with E-state index in [4.69, 9.17) is 4.74 Å². The molecule has 2 aromatic rings. The van der Waals surface area contributed by atoms with Crippen molar-refractivity contribution in [1.29, 1.82) is 0 Å². The van der Waals surface area contributed by atoms with Crippen LogP contribution in [-0.2, 0) is 11.3 Å². The maximum Gasteiger partial charge on any atom is 0.386 e. The van der Waals surface area contributed by atoms with Crippen LogP contribution in [0.3, 0.4) is 0 Å². The number of ether oxygens (including phenoxy) is 1. The summed E-state index contributed by atoms with van der Waals surface area (Å²) in [6, 6.07) is 9.65. The van der Waals surface area contributed by atoms with Crippen molar-refractivity contribution in [2.24, 2.45) is 0 Å². The van der Waals surface area contributed by atoms with E-state index in [2.05, 4.69) is 25.4 Å². The largest absolute Gasteiger partial charge is 0.482 e. The molecule has 178 valence electrons. The predicted octanol–water partition coefficient (Wildman–Crippen LogP) is 2.66. The molecule has 4 rings (SSSR count). The maximum absolute atomic E-state index is 11.6. The van der Waals surface area contributed by atoms with E-state index in [-0.39, 0.29) is 25.3 Å². The summed E-state index contributed by atoms with van der Waals surface area (Å²) in [7, 11) is 1.60. The second-order valence-corrected chi connectivity index (χ2v) is 7.69. The molecule has 0 atom stereocenters. The van der Waals surface area contributed by atoms with Gasteiger partial charge in [-0.15, -0.1) is 0 Å². The fourth-order valence-corrected chi connectivity index (χ4v) is 3.49. The van der Waals surface area contributed by atoms with Crippen molar-refractivity contribution in [2.75, 3.05) is 50.1 Å². The Bertz CT molecular complexity index is 968. The Balaban J connectivity index is 0.000000555. The van der Waals surface area contributed by atoms with E-state index in [1.165, 1.54) is 0 Å². The normalized spacial score (nSPS) is 16.0. The third-order valence-electron chi connectivity index (χ3n) is 5.03. The van der Waals surface area contributed by atoms with Gasteiger partial charge in [-0.3, -0.25) is 14.5 Å². The molecule has 0 saturated carbocycles. The summed E-state index contributed by atoms with van der Waals surface area (Å²) < 4.78 is 36.5. The molecule has 2 aliphatic heterocycles. The van der Waals surface area contributed by atoms with Gasteiger partial charge in [-0.1, -0.05) is 6.07 Å². The fraction of sp³-hybridized carbons (Fsp3) is 0.409. The molecule has 0 unspecified atom stereocenters. The zero-order chi connectivity index (χ0) is 24.0. The highest BCUT2D eigenvalue weighted by atomic mass is 19.4. The number of hydrogen-bond acceptors (Lipinski definition) is 6. The smallest absolute Gasteiger partial charge is 0.386 e. The summed E-state index contributed by atoms with van der Waals surface area (Å²) in [4.78, 5) is 32.0. The van der Waals surface area contributed by atoms with E-state index in [0.717, 1.165) is 55.4 Å². The number of benzene rings is 1. The summed E-state index contributed by atoms with van der Waals surface area (Å²) in [5, 5.41) is 5.43. The third kappa shape index (κ3) is 7.35. The van der Waals surface area contributed by atoms with Crippen LogP contribution in [0.4, 0.5) is 24.5 Å². The maximum atomic E-state index is 11.6. The lowest BCUT2D eigenvalue weighted by molar-refractivity contribution is -0.118. The highest BCUT2D eigenvalue weighted by Gasteiger charge is 2.20. The molecule has 2 aliphatic rings. The van der Waals surface area contributed by atoms with Gasteiger partial charge in [0, 0.05) is 46.7 Å². The highest BCUT2D eigenvalue weighted by Crippen LogP contribution is 2.29. The number of rotatable bonds is 4. The topological polar surface area (TPSA) is 86.8 Å². The van der Waals surface area contributed by atoms with Crippen LogP contribution in [0.25, 0.3) is 0 Å². The minimum absolute atomic E-state index is 0.0766. The molecule has 0 bridgehead atoms. The zero-order valence-electron chi connectivity index (χ0n) is 18.4. The van der Waals surface area contributed by atoms with Crippen LogP contribution in [0.2, 0.25) is 0 Å². The van der Waals surface area contributed by atoms with E-state index in [9.17, 15) is 22.8 Å². The van der Waals surface area contributed by atoms with Crippen molar-refractivity contribution >= 4 is 23.2 Å². The van der Waals surface area contributed by atoms with Crippen molar-refractivity contribution in [3.05, 3.63) is 47.8 Å². The Hall–Kier alpha value is -3.34. The van der Waals surface area contributed by atoms with Gasteiger partial charge in [0.05, 0.1) is 17.6 Å². The standard InChI is InChI=1S/C20H23N5O3.C2H3F3/c1-21-20(27)16-4-3-15(11-22-16)25-8-6-24(7-9-25)12-14-2-5-18-17(10-14)23-19(26)13-28-18;1-2(3,4)5/h2-5,10-11H,6-9,12-13H2,1H3,(H,21,27)(H,23,26);1H3. The number of anilines is 2. The van der Waals surface area contributed by atoms with Gasteiger partial charge in [0.1, 0.15) is 11.4 Å². The molecule has 11 heteroatoms. The van der Waals surface area contributed by atoms with Crippen LogP contribution in [0.1, 0.15) is 23.0 Å². The molecule has 1 aromatic carbocycles. The Kier molecular flexibility index (Phi) is 7.75. The summed E-state index contributed by atoms with van der Waals surface area (Å²) in [6.07, 6.45) is -2.24. The lowest BCUT2D eigenvalue weighted by Gasteiger charge is -2.36. The van der Waals surface area contributed by atoms with Gasteiger partial charge in [0.15, 0.2) is 6.61 Å². The van der Waals surface area contributed by atoms with E-state index < -0.39 is 6.18 Å². The first-order chi connectivity index (χ1) is 15.6. The highest BCUT2D eigenvalue weighted by molar-refractivity contribution is 5.95. The number of carbonyl (C=O) groups excluding carboxylic acids is 2. The predicted molar refractivity (Wildman–Crippen MR) is 117 cm³/mol. The number of pyridine rings is 1. The number of nitrogens with one attached hydrogen (secondary N) is 2. The molecule has 3 heterocycles. The Morgan fingerprint density at radius 1 is 1.18 bits per heavy atom. The monoisotopic (exact) mass is 465 g/mol. The molecule has 1 saturated heterocycles. The Labute approximate surface area is 189 Å². The number of aromatic nitrogens is 1. The molecule has 0 radical (unpaired) electrons. The van der Waals surface area contributed by atoms with Crippen molar-refractivity contribution in [1.82, 2.24) is 15.2 Å². The first-order valence-electron chi connectivity index (χ1n) is 10.4. The number of piperazine rings is 1. The molecular formula is C22H26F3N5O3. The molecule has 8 nitrogen and oxygen atoms in total. The van der Waals surface area contributed by atoms with Gasteiger partial charge in [-0.05, 0) is 29.8 Å². The second kappa shape index (κ2) is 10.5. The molecular weight excluding hydrogens is 439 g/mol. The van der Waals surface area contributed by atoms with Crippen molar-refractivity contribution in [2.45, 2.75) is 19.6 Å². The molecule has 1 aromatic heterocycles. The van der Waals surface area contributed by atoms with Crippen LogP contribution < -0.4 is 20.3 Å². The molecule has 2 amide bonds. The van der Waals surface area contributed by atoms with Gasteiger partial charge in [0.2, 0.25) is 0 Å². The lowest BCUT2D eigenvalue weighted by Crippen LogP contribution is -2.46. The first-order valence-corrected chi connectivity index (χ1v) is 10.4. The van der Waals surface area contributed by atoms with E-state index in [1.807, 2.05) is 24.3 Å². The number of carbonyl (C=O) groups is 2. The molecule has 0 spiro atoms. The fourth-order valence-electron chi connectivity index (χ4n) is 3.49. The van der Waals surface area contributed by atoms with Gasteiger partial charge >= 0.3 is 6.18 Å². The minimum Gasteiger partial charge on any atom is -0.482 e. The molecule has 1 fully saturated rings. The molecule has 2 N–H and O–H groups in total. The van der Waals surface area contributed by atoms with E-state index in [1.54, 1.807) is 19.3 Å². The summed E-state index contributed by atoms with van der Waals surface area (Å²) in [6.45, 7) is 4.73. The SMILES string of the molecule is CC(F)(F)F.CNC(=O)c1ccc(N2CCN(Cc3ccc4c(c3)NC(=O)CO4)CC2)cn1. The van der Waals surface area contributed by atoms with Crippen LogP contribution in [0.15, 0.2) is 36.5 Å². The number of hydrogen-bond donors (Lipinski definition) is 2. The average molecular weight is 465 g/mol. The first kappa shape index (κ1) is 24.3.